The smallest absolute Gasteiger partial charge is 0.326 e. The molecule has 8 amide bonds. The van der Waals surface area contributed by atoms with Crippen LogP contribution in [0.1, 0.15) is 136 Å². The van der Waals surface area contributed by atoms with Crippen molar-refractivity contribution in [1.29, 1.82) is 0 Å². The minimum Gasteiger partial charge on any atom is -0.480 e. The second-order valence-electron chi connectivity index (χ2n) is 20.0. The fourth-order valence-electron chi connectivity index (χ4n) is 6.80. The largest absolute Gasteiger partial charge is 0.480 e. The quantitative estimate of drug-likeness (QED) is 0.0515. The van der Waals surface area contributed by atoms with Crippen molar-refractivity contribution in [2.75, 3.05) is 6.54 Å². The number of carbonyl (C=O) groups excluding carboxylic acids is 8. The van der Waals surface area contributed by atoms with Crippen molar-refractivity contribution < 1.29 is 48.3 Å². The van der Waals surface area contributed by atoms with Crippen molar-refractivity contribution in [3.63, 3.8) is 0 Å². The number of carbonyl (C=O) groups is 9. The summed E-state index contributed by atoms with van der Waals surface area (Å²) in [6, 6.07) is -8.62. The highest BCUT2D eigenvalue weighted by atomic mass is 16.4. The Hall–Kier alpha value is -4.81. The average molecular weight is 924 g/mol. The molecule has 0 aliphatic rings. The summed E-state index contributed by atoms with van der Waals surface area (Å²) in [7, 11) is 0. The van der Waals surface area contributed by atoms with Crippen molar-refractivity contribution >= 4 is 53.2 Å². The molecule has 0 aromatic rings. The van der Waals surface area contributed by atoms with Gasteiger partial charge in [-0.2, -0.15) is 0 Å². The first kappa shape index (κ1) is 60.2. The number of carboxylic acid groups (broad SMARTS) is 1. The van der Waals surface area contributed by atoms with Crippen LogP contribution in [0.2, 0.25) is 0 Å². The van der Waals surface area contributed by atoms with Gasteiger partial charge in [-0.25, -0.2) is 4.79 Å². The third kappa shape index (κ3) is 21.8. The SMILES string of the molecule is CC[C@H](C)[C@H](N)C(=O)N[C@@H](CC(C)C)C(=O)N[C@@H](CC(C)C)C(=O)N[C@H](C(=O)N[C@H](C(=O)N[C@H](C(=O)N[C@@H](CC(C)C)C(=O)NCC(=O)N[C@H](C(=O)O)C(C)C)C(C)C)C(C)C)C(C)C. The van der Waals surface area contributed by atoms with Gasteiger partial charge in [0.15, 0.2) is 0 Å². The van der Waals surface area contributed by atoms with E-state index in [1.807, 2.05) is 55.4 Å². The molecule has 0 aliphatic heterocycles. The van der Waals surface area contributed by atoms with Gasteiger partial charge in [-0.05, 0) is 66.6 Å². The van der Waals surface area contributed by atoms with Gasteiger partial charge in [-0.1, -0.05) is 117 Å². The van der Waals surface area contributed by atoms with E-state index < -0.39 is 132 Å². The molecule has 0 bridgehead atoms. The third-order valence-electron chi connectivity index (χ3n) is 11.0. The van der Waals surface area contributed by atoms with Gasteiger partial charge in [0.05, 0.1) is 12.6 Å². The second kappa shape index (κ2) is 29.0. The van der Waals surface area contributed by atoms with Crippen molar-refractivity contribution in [3.8, 4) is 0 Å². The fourth-order valence-corrected chi connectivity index (χ4v) is 6.80. The van der Waals surface area contributed by atoms with E-state index in [2.05, 4.69) is 42.5 Å². The predicted molar refractivity (Wildman–Crippen MR) is 249 cm³/mol. The molecule has 0 spiro atoms. The molecule has 65 heavy (non-hydrogen) atoms. The molecule has 19 heteroatoms. The molecule has 9 atom stereocenters. The summed E-state index contributed by atoms with van der Waals surface area (Å²) < 4.78 is 0. The maximum absolute atomic E-state index is 14.0. The molecule has 0 unspecified atom stereocenters. The molecule has 0 rings (SSSR count). The highest BCUT2D eigenvalue weighted by molar-refractivity contribution is 5.98. The Morgan fingerprint density at radius 2 is 0.723 bits per heavy atom. The van der Waals surface area contributed by atoms with Gasteiger partial charge in [0, 0.05) is 0 Å². The lowest BCUT2D eigenvalue weighted by atomic mass is 9.96. The molecule has 0 aromatic heterocycles. The molecule has 19 nitrogen and oxygen atoms in total. The first-order chi connectivity index (χ1) is 29.9. The maximum atomic E-state index is 14.0. The molecule has 0 aliphatic carbocycles. The number of hydrogen-bond donors (Lipinski definition) is 10. The number of nitrogens with two attached hydrogens (primary N) is 1. The monoisotopic (exact) mass is 924 g/mol. The lowest BCUT2D eigenvalue weighted by molar-refractivity contribution is -0.143. The second-order valence-corrected chi connectivity index (χ2v) is 20.0. The van der Waals surface area contributed by atoms with Crippen molar-refractivity contribution in [3.05, 3.63) is 0 Å². The zero-order chi connectivity index (χ0) is 50.6. The van der Waals surface area contributed by atoms with E-state index in [1.54, 1.807) is 55.4 Å². The van der Waals surface area contributed by atoms with Crippen molar-refractivity contribution in [2.45, 2.75) is 185 Å². The number of nitrogens with one attached hydrogen (secondary N) is 8. The van der Waals surface area contributed by atoms with Gasteiger partial charge in [0.2, 0.25) is 47.3 Å². The normalized spacial score (nSPS) is 15.9. The van der Waals surface area contributed by atoms with Crippen LogP contribution in [0.3, 0.4) is 0 Å². The van der Waals surface area contributed by atoms with Crippen molar-refractivity contribution in [1.82, 2.24) is 42.5 Å². The van der Waals surface area contributed by atoms with Gasteiger partial charge in [0.1, 0.15) is 42.3 Å². The Morgan fingerprint density at radius 1 is 0.415 bits per heavy atom. The predicted octanol–water partition coefficient (Wildman–Crippen LogP) is 1.72. The van der Waals surface area contributed by atoms with Crippen LogP contribution in [0.15, 0.2) is 0 Å². The number of amides is 8. The Labute approximate surface area is 387 Å². The number of rotatable bonds is 29. The van der Waals surface area contributed by atoms with Crippen LogP contribution in [0.4, 0.5) is 0 Å². The Balaban J connectivity index is 6.22. The van der Waals surface area contributed by atoms with Crippen LogP contribution in [0.25, 0.3) is 0 Å². The van der Waals surface area contributed by atoms with Gasteiger partial charge in [0.25, 0.3) is 0 Å². The standard InChI is InChI=1S/C46H85N9O10/c1-17-29(16)34(47)42(60)50-31(19-23(4)5)40(58)49-32(20-24(6)7)41(59)53-36(26(10)11)44(62)55-37(27(12)13)45(63)54-35(25(8)9)43(61)51-30(18-22(2)3)39(57)48-21-33(56)52-38(28(14)15)46(64)65/h22-32,34-38H,17-21,47H2,1-16H3,(H,48,57)(H,49,58)(H,50,60)(H,51,61)(H,52,56)(H,53,59)(H,54,63)(H,55,62)(H,64,65)/t29-,30-,31-,32-,34-,35-,36-,37-,38-/m0/s1. The highest BCUT2D eigenvalue weighted by Gasteiger charge is 2.37. The summed E-state index contributed by atoms with van der Waals surface area (Å²) in [4.78, 5) is 120. The summed E-state index contributed by atoms with van der Waals surface area (Å²) >= 11 is 0. The fraction of sp³-hybridized carbons (Fsp3) is 0.804. The van der Waals surface area contributed by atoms with Gasteiger partial charge in [-0.15, -0.1) is 0 Å². The van der Waals surface area contributed by atoms with Crippen LogP contribution in [-0.2, 0) is 43.2 Å². The van der Waals surface area contributed by atoms with E-state index >= 15 is 0 Å². The molecule has 0 saturated heterocycles. The van der Waals surface area contributed by atoms with Crippen LogP contribution >= 0.6 is 0 Å². The summed E-state index contributed by atoms with van der Waals surface area (Å²) in [5.74, 6) is -8.43. The van der Waals surface area contributed by atoms with E-state index in [1.165, 1.54) is 0 Å². The lowest BCUT2D eigenvalue weighted by Crippen LogP contribution is -2.62. The molecule has 0 aromatic carbocycles. The van der Waals surface area contributed by atoms with Crippen LogP contribution in [0, 0.1) is 47.3 Å². The first-order valence-corrected chi connectivity index (χ1v) is 23.3. The number of aliphatic carboxylic acids is 1. The molecular weight excluding hydrogens is 839 g/mol. The van der Waals surface area contributed by atoms with Crippen LogP contribution in [0.5, 0.6) is 0 Å². The molecule has 0 fully saturated rings. The van der Waals surface area contributed by atoms with Gasteiger partial charge >= 0.3 is 5.97 Å². The van der Waals surface area contributed by atoms with E-state index in [4.69, 9.17) is 5.73 Å². The maximum Gasteiger partial charge on any atom is 0.326 e. The van der Waals surface area contributed by atoms with E-state index in [9.17, 15) is 48.3 Å². The van der Waals surface area contributed by atoms with E-state index in [0.29, 0.717) is 12.8 Å². The first-order valence-electron chi connectivity index (χ1n) is 23.3. The zero-order valence-electron chi connectivity index (χ0n) is 42.0. The van der Waals surface area contributed by atoms with E-state index in [0.717, 1.165) is 0 Å². The molecular formula is C46H85N9O10. The van der Waals surface area contributed by atoms with Gasteiger partial charge in [-0.3, -0.25) is 38.4 Å². The Morgan fingerprint density at radius 3 is 1.06 bits per heavy atom. The summed E-state index contributed by atoms with van der Waals surface area (Å²) in [5.41, 5.74) is 6.16. The molecule has 0 radical (unpaired) electrons. The third-order valence-corrected chi connectivity index (χ3v) is 11.0. The van der Waals surface area contributed by atoms with Crippen molar-refractivity contribution in [2.24, 2.45) is 53.1 Å². The molecule has 11 N–H and O–H groups in total. The van der Waals surface area contributed by atoms with Crippen LogP contribution in [-0.4, -0.2) is 113 Å². The molecule has 0 saturated carbocycles. The minimum atomic E-state index is -1.22. The number of carboxylic acids is 1. The topological polar surface area (TPSA) is 296 Å². The van der Waals surface area contributed by atoms with E-state index in [-0.39, 0.29) is 36.5 Å². The molecule has 0 heterocycles. The zero-order valence-corrected chi connectivity index (χ0v) is 42.0. The Kier molecular flexibility index (Phi) is 26.8. The Bertz CT molecular complexity index is 1600. The van der Waals surface area contributed by atoms with Gasteiger partial charge < -0.3 is 53.4 Å². The lowest BCUT2D eigenvalue weighted by Gasteiger charge is -2.31. The minimum absolute atomic E-state index is 0.0141. The van der Waals surface area contributed by atoms with Crippen LogP contribution < -0.4 is 48.3 Å². The summed E-state index contributed by atoms with van der Waals surface area (Å²) in [6.07, 6.45) is 1.36. The number of hydrogen-bond acceptors (Lipinski definition) is 10. The average Bonchev–Trinajstić information content (AvgIpc) is 3.18. The summed E-state index contributed by atoms with van der Waals surface area (Å²) in [5, 5.41) is 30.7. The summed E-state index contributed by atoms with van der Waals surface area (Å²) in [6.45, 7) is 27.9. The highest BCUT2D eigenvalue weighted by Crippen LogP contribution is 2.14. The molecule has 374 valence electrons.